The van der Waals surface area contributed by atoms with Gasteiger partial charge in [0, 0.05) is 5.92 Å². The van der Waals surface area contributed by atoms with Gasteiger partial charge in [0.1, 0.15) is 0 Å². The second-order valence-corrected chi connectivity index (χ2v) is 7.04. The van der Waals surface area contributed by atoms with Crippen molar-refractivity contribution in [2.24, 2.45) is 11.8 Å². The number of ether oxygens (including phenoxy) is 4. The molecule has 0 radical (unpaired) electrons. The molecule has 1 heterocycles. The molecule has 3 atom stereocenters. The fourth-order valence-electron chi connectivity index (χ4n) is 4.14. The third-order valence-corrected chi connectivity index (χ3v) is 5.70. The van der Waals surface area contributed by atoms with Gasteiger partial charge in [-0.3, -0.25) is 0 Å². The summed E-state index contributed by atoms with van der Waals surface area (Å²) in [6.07, 6.45) is 1.05. The van der Waals surface area contributed by atoms with Crippen molar-refractivity contribution in [3.63, 3.8) is 0 Å². The molecule has 0 fully saturated rings. The smallest absolute Gasteiger partial charge is 0.231 e. The fourth-order valence-corrected chi connectivity index (χ4v) is 4.14. The first-order chi connectivity index (χ1) is 12.1. The van der Waals surface area contributed by atoms with Gasteiger partial charge < -0.3 is 18.9 Å². The Kier molecular flexibility index (Phi) is 3.98. The lowest BCUT2D eigenvalue weighted by molar-refractivity contribution is 0.174. The van der Waals surface area contributed by atoms with Crippen molar-refractivity contribution in [2.45, 2.75) is 26.2 Å². The zero-order valence-electron chi connectivity index (χ0n) is 15.2. The Hall–Kier alpha value is -2.36. The van der Waals surface area contributed by atoms with Crippen LogP contribution in [-0.4, -0.2) is 21.0 Å². The van der Waals surface area contributed by atoms with E-state index in [0.29, 0.717) is 24.5 Å². The Bertz CT molecular complexity index is 799. The van der Waals surface area contributed by atoms with Gasteiger partial charge in [0.15, 0.2) is 23.0 Å². The molecule has 0 spiro atoms. The minimum absolute atomic E-state index is 0.299. The molecule has 2 aromatic carbocycles. The molecule has 0 N–H and O–H groups in total. The van der Waals surface area contributed by atoms with E-state index in [2.05, 4.69) is 38.1 Å². The van der Waals surface area contributed by atoms with Crippen molar-refractivity contribution in [3.8, 4) is 23.0 Å². The largest absolute Gasteiger partial charge is 0.493 e. The molecule has 0 saturated carbocycles. The van der Waals surface area contributed by atoms with Crippen molar-refractivity contribution in [3.05, 3.63) is 47.0 Å². The Morgan fingerprint density at radius 2 is 1.64 bits per heavy atom. The first-order valence-corrected chi connectivity index (χ1v) is 8.76. The quantitative estimate of drug-likeness (QED) is 0.830. The van der Waals surface area contributed by atoms with E-state index in [0.717, 1.165) is 29.4 Å². The van der Waals surface area contributed by atoms with Crippen LogP contribution >= 0.6 is 0 Å². The summed E-state index contributed by atoms with van der Waals surface area (Å²) in [6.45, 7) is 4.96. The van der Waals surface area contributed by atoms with Crippen molar-refractivity contribution < 1.29 is 18.9 Å². The molecule has 0 saturated heterocycles. The highest BCUT2D eigenvalue weighted by Gasteiger charge is 2.34. The van der Waals surface area contributed by atoms with E-state index >= 15 is 0 Å². The lowest BCUT2D eigenvalue weighted by Gasteiger charge is -2.37. The van der Waals surface area contributed by atoms with E-state index in [1.54, 1.807) is 14.2 Å². The Labute approximate surface area is 148 Å². The van der Waals surface area contributed by atoms with Crippen LogP contribution in [0.5, 0.6) is 23.0 Å². The number of fused-ring (bicyclic) bond motifs is 2. The molecule has 4 nitrogen and oxygen atoms in total. The maximum absolute atomic E-state index is 5.59. The van der Waals surface area contributed by atoms with E-state index in [1.807, 2.05) is 6.07 Å². The summed E-state index contributed by atoms with van der Waals surface area (Å²) in [5.41, 5.74) is 3.92. The molecule has 0 unspecified atom stereocenters. The van der Waals surface area contributed by atoms with Crippen LogP contribution in [0.25, 0.3) is 0 Å². The molecule has 25 heavy (non-hydrogen) atoms. The van der Waals surface area contributed by atoms with Crippen LogP contribution in [0.1, 0.15) is 36.5 Å². The van der Waals surface area contributed by atoms with Crippen molar-refractivity contribution in [1.29, 1.82) is 0 Å². The van der Waals surface area contributed by atoms with Gasteiger partial charge in [-0.05, 0) is 59.2 Å². The van der Waals surface area contributed by atoms with Gasteiger partial charge in [0.2, 0.25) is 6.79 Å². The monoisotopic (exact) mass is 340 g/mol. The van der Waals surface area contributed by atoms with Crippen LogP contribution < -0.4 is 18.9 Å². The topological polar surface area (TPSA) is 36.9 Å². The van der Waals surface area contributed by atoms with E-state index in [4.69, 9.17) is 18.9 Å². The van der Waals surface area contributed by atoms with Gasteiger partial charge in [0.05, 0.1) is 14.2 Å². The molecular formula is C21H24O4. The minimum Gasteiger partial charge on any atom is -0.493 e. The standard InChI is InChI=1S/C21H24O4/c1-12-7-15-9-18(22-3)19(23-4)10-16(15)21(13(12)2)14-5-6-17-20(8-14)25-11-24-17/h5-6,8-10,12-13,21H,7,11H2,1-4H3/t12-,13+,21+/m0/s1. The highest BCUT2D eigenvalue weighted by Crippen LogP contribution is 2.48. The number of methoxy groups -OCH3 is 2. The predicted molar refractivity (Wildman–Crippen MR) is 96.0 cm³/mol. The van der Waals surface area contributed by atoms with E-state index < -0.39 is 0 Å². The number of rotatable bonds is 3. The van der Waals surface area contributed by atoms with Crippen molar-refractivity contribution in [1.82, 2.24) is 0 Å². The lowest BCUT2D eigenvalue weighted by Crippen LogP contribution is -2.27. The van der Waals surface area contributed by atoms with Gasteiger partial charge in [-0.2, -0.15) is 0 Å². The molecule has 2 aliphatic rings. The summed E-state index contributed by atoms with van der Waals surface area (Å²) >= 11 is 0. The Morgan fingerprint density at radius 1 is 0.920 bits per heavy atom. The Balaban J connectivity index is 1.85. The van der Waals surface area contributed by atoms with Gasteiger partial charge in [-0.25, -0.2) is 0 Å². The fraction of sp³-hybridized carbons (Fsp3) is 0.429. The van der Waals surface area contributed by atoms with Crippen LogP contribution in [0.2, 0.25) is 0 Å². The summed E-state index contributed by atoms with van der Waals surface area (Å²) in [7, 11) is 3.38. The molecule has 1 aliphatic heterocycles. The second-order valence-electron chi connectivity index (χ2n) is 7.04. The molecule has 1 aliphatic carbocycles. The number of hydrogen-bond acceptors (Lipinski definition) is 4. The third kappa shape index (κ3) is 2.60. The molecule has 0 bridgehead atoms. The van der Waals surface area contributed by atoms with Crippen LogP contribution in [0.15, 0.2) is 30.3 Å². The van der Waals surface area contributed by atoms with Crippen LogP contribution in [-0.2, 0) is 6.42 Å². The Morgan fingerprint density at radius 3 is 2.40 bits per heavy atom. The number of benzene rings is 2. The van der Waals surface area contributed by atoms with Crippen LogP contribution in [0.4, 0.5) is 0 Å². The summed E-state index contributed by atoms with van der Waals surface area (Å²) in [4.78, 5) is 0. The van der Waals surface area contributed by atoms with Gasteiger partial charge >= 0.3 is 0 Å². The van der Waals surface area contributed by atoms with Crippen molar-refractivity contribution in [2.75, 3.05) is 21.0 Å². The average Bonchev–Trinajstić information content (AvgIpc) is 3.09. The summed E-state index contributed by atoms with van der Waals surface area (Å²) < 4.78 is 22.1. The van der Waals surface area contributed by atoms with E-state index in [1.165, 1.54) is 16.7 Å². The lowest BCUT2D eigenvalue weighted by atomic mass is 9.68. The molecule has 4 rings (SSSR count). The maximum Gasteiger partial charge on any atom is 0.231 e. The molecular weight excluding hydrogens is 316 g/mol. The maximum atomic E-state index is 5.59. The summed E-state index contributed by atoms with van der Waals surface area (Å²) in [5.74, 6) is 4.65. The van der Waals surface area contributed by atoms with Gasteiger partial charge in [-0.1, -0.05) is 19.9 Å². The van der Waals surface area contributed by atoms with Crippen molar-refractivity contribution >= 4 is 0 Å². The molecule has 2 aromatic rings. The summed E-state index contributed by atoms with van der Waals surface area (Å²) in [5, 5.41) is 0. The SMILES string of the molecule is COc1cc2c(cc1OC)[C@@H](c1ccc3c(c1)OCO3)[C@H](C)[C@@H](C)C2. The highest BCUT2D eigenvalue weighted by molar-refractivity contribution is 5.54. The van der Waals surface area contributed by atoms with Gasteiger partial charge in [0.25, 0.3) is 0 Å². The zero-order valence-corrected chi connectivity index (χ0v) is 15.2. The molecule has 0 aromatic heterocycles. The van der Waals surface area contributed by atoms with E-state index in [9.17, 15) is 0 Å². The average molecular weight is 340 g/mol. The predicted octanol–water partition coefficient (Wildman–Crippen LogP) is 4.39. The van der Waals surface area contributed by atoms with E-state index in [-0.39, 0.29) is 0 Å². The first-order valence-electron chi connectivity index (χ1n) is 8.76. The van der Waals surface area contributed by atoms with Gasteiger partial charge in [-0.15, -0.1) is 0 Å². The number of hydrogen-bond donors (Lipinski definition) is 0. The first kappa shape index (κ1) is 16.1. The molecule has 0 amide bonds. The molecule has 4 heteroatoms. The molecule has 132 valence electrons. The third-order valence-electron chi connectivity index (χ3n) is 5.70. The normalized spacial score (nSPS) is 23.9. The van der Waals surface area contributed by atoms with Crippen LogP contribution in [0, 0.1) is 11.8 Å². The van der Waals surface area contributed by atoms with Crippen LogP contribution in [0.3, 0.4) is 0 Å². The minimum atomic E-state index is 0.299. The zero-order chi connectivity index (χ0) is 17.6. The highest BCUT2D eigenvalue weighted by atomic mass is 16.7. The summed E-state index contributed by atoms with van der Waals surface area (Å²) in [6, 6.07) is 10.6. The second kappa shape index (κ2) is 6.17.